The van der Waals surface area contributed by atoms with Crippen molar-refractivity contribution in [2.45, 2.75) is 6.36 Å². The molecule has 0 radical (unpaired) electrons. The Morgan fingerprint density at radius 3 is 2.53 bits per heavy atom. The van der Waals surface area contributed by atoms with Gasteiger partial charge in [0.1, 0.15) is 9.26 Å². The highest BCUT2D eigenvalue weighted by Gasteiger charge is 2.34. The summed E-state index contributed by atoms with van der Waals surface area (Å²) in [7, 11) is 1.03. The molecule has 94 valence electrons. The van der Waals surface area contributed by atoms with Crippen LogP contribution < -0.4 is 9.47 Å². The molecular weight excluding hydrogens is 358 g/mol. The normalized spacial score (nSPS) is 11.1. The summed E-state index contributed by atoms with van der Waals surface area (Å²) >= 11 is 1.57. The third-order valence-corrected chi connectivity index (χ3v) is 2.11. The van der Waals surface area contributed by atoms with Crippen molar-refractivity contribution in [3.05, 3.63) is 15.3 Å². The van der Waals surface area contributed by atoms with Crippen molar-refractivity contribution >= 4 is 28.6 Å². The minimum atomic E-state index is -4.97. The number of halogens is 4. The van der Waals surface area contributed by atoms with Gasteiger partial charge in [-0.15, -0.1) is 13.2 Å². The number of alkyl halides is 3. The number of nitrogens with zero attached hydrogens (tertiary/aromatic N) is 1. The predicted molar refractivity (Wildman–Crippen MR) is 57.1 cm³/mol. The molecule has 0 saturated heterocycles. The summed E-state index contributed by atoms with van der Waals surface area (Å²) in [5, 5.41) is 8.80. The highest BCUT2D eigenvalue weighted by molar-refractivity contribution is 14.1. The Labute approximate surface area is 107 Å². The second-order valence-corrected chi connectivity index (χ2v) is 3.79. The van der Waals surface area contributed by atoms with Crippen molar-refractivity contribution in [1.29, 1.82) is 0 Å². The summed E-state index contributed by atoms with van der Waals surface area (Å²) in [6.07, 6.45) is -4.97. The molecule has 5 nitrogen and oxygen atoms in total. The monoisotopic (exact) mass is 363 g/mol. The van der Waals surface area contributed by atoms with Gasteiger partial charge in [-0.05, 0) is 28.7 Å². The standard InChI is InChI=1S/C8H5F3INO4/c1-16-5-3(7(14)15)2-4(12)13-6(5)17-8(9,10)11/h2H,1H3,(H,14,15). The SMILES string of the molecule is COc1c(C(=O)O)cc(I)nc1OC(F)(F)F. The molecule has 0 unspecified atom stereocenters. The summed E-state index contributed by atoms with van der Waals surface area (Å²) in [5.41, 5.74) is -0.453. The summed E-state index contributed by atoms with van der Waals surface area (Å²) in [6.45, 7) is 0. The number of methoxy groups -OCH3 is 1. The van der Waals surface area contributed by atoms with Crippen molar-refractivity contribution in [3.8, 4) is 11.6 Å². The molecule has 0 aromatic carbocycles. The molecule has 0 aliphatic heterocycles. The molecule has 0 bridgehead atoms. The average Bonchev–Trinajstić information content (AvgIpc) is 2.14. The molecule has 9 heteroatoms. The zero-order chi connectivity index (χ0) is 13.2. The third kappa shape index (κ3) is 3.61. The summed E-state index contributed by atoms with van der Waals surface area (Å²) in [5.74, 6) is -2.94. The molecule has 1 aromatic rings. The van der Waals surface area contributed by atoms with E-state index in [2.05, 4.69) is 14.5 Å². The van der Waals surface area contributed by atoms with Crippen LogP contribution in [0.2, 0.25) is 0 Å². The lowest BCUT2D eigenvalue weighted by Crippen LogP contribution is -2.19. The van der Waals surface area contributed by atoms with E-state index in [1.54, 1.807) is 22.6 Å². The fourth-order valence-corrected chi connectivity index (χ4v) is 1.55. The zero-order valence-electron chi connectivity index (χ0n) is 8.21. The molecular formula is C8H5F3INO4. The Kier molecular flexibility index (Phi) is 4.01. The van der Waals surface area contributed by atoms with Gasteiger partial charge in [0.25, 0.3) is 5.88 Å². The van der Waals surface area contributed by atoms with Gasteiger partial charge in [0.15, 0.2) is 5.75 Å². The number of rotatable bonds is 3. The lowest BCUT2D eigenvalue weighted by Gasteiger charge is -2.13. The molecule has 0 atom stereocenters. The van der Waals surface area contributed by atoms with Gasteiger partial charge in [-0.2, -0.15) is 0 Å². The number of carboxylic acid groups (broad SMARTS) is 1. The first-order valence-electron chi connectivity index (χ1n) is 3.98. The van der Waals surface area contributed by atoms with Gasteiger partial charge < -0.3 is 14.6 Å². The number of ether oxygens (including phenoxy) is 2. The second-order valence-electron chi connectivity index (χ2n) is 2.68. The largest absolute Gasteiger partial charge is 0.574 e. The molecule has 0 saturated carbocycles. The van der Waals surface area contributed by atoms with Gasteiger partial charge in [0.2, 0.25) is 0 Å². The van der Waals surface area contributed by atoms with Crippen molar-refractivity contribution in [3.63, 3.8) is 0 Å². The zero-order valence-corrected chi connectivity index (χ0v) is 10.4. The maximum absolute atomic E-state index is 12.1. The van der Waals surface area contributed by atoms with E-state index in [-0.39, 0.29) is 3.70 Å². The summed E-state index contributed by atoms with van der Waals surface area (Å²) < 4.78 is 44.4. The average molecular weight is 363 g/mol. The molecule has 1 heterocycles. The van der Waals surface area contributed by atoms with Crippen LogP contribution in [0.5, 0.6) is 11.6 Å². The molecule has 0 aliphatic rings. The minimum absolute atomic E-state index is 0.0417. The van der Waals surface area contributed by atoms with Crippen LogP contribution >= 0.6 is 22.6 Å². The van der Waals surface area contributed by atoms with E-state index in [0.29, 0.717) is 0 Å². The fourth-order valence-electron chi connectivity index (χ4n) is 1.01. The van der Waals surface area contributed by atoms with Crippen LogP contribution in [0.4, 0.5) is 13.2 Å². The van der Waals surface area contributed by atoms with Gasteiger partial charge in [0.05, 0.1) is 7.11 Å². The van der Waals surface area contributed by atoms with E-state index >= 15 is 0 Å². The van der Waals surface area contributed by atoms with Crippen LogP contribution in [0, 0.1) is 3.70 Å². The quantitative estimate of drug-likeness (QED) is 0.660. The van der Waals surface area contributed by atoms with Crippen molar-refractivity contribution in [1.82, 2.24) is 4.98 Å². The Balaban J connectivity index is 3.33. The Morgan fingerprint density at radius 1 is 1.53 bits per heavy atom. The van der Waals surface area contributed by atoms with Crippen LogP contribution in [0.15, 0.2) is 6.07 Å². The van der Waals surface area contributed by atoms with Gasteiger partial charge in [-0.1, -0.05) is 0 Å². The number of carbonyl (C=O) groups is 1. The van der Waals surface area contributed by atoms with E-state index in [4.69, 9.17) is 5.11 Å². The number of aromatic nitrogens is 1. The molecule has 0 fully saturated rings. The smallest absolute Gasteiger partial charge is 0.491 e. The molecule has 0 spiro atoms. The van der Waals surface area contributed by atoms with Crippen LogP contribution in [0.1, 0.15) is 10.4 Å². The van der Waals surface area contributed by atoms with E-state index < -0.39 is 29.5 Å². The highest BCUT2D eigenvalue weighted by atomic mass is 127. The molecule has 1 N–H and O–H groups in total. The molecule has 1 rings (SSSR count). The first-order chi connectivity index (χ1) is 7.74. The molecule has 0 aliphatic carbocycles. The van der Waals surface area contributed by atoms with E-state index in [0.717, 1.165) is 13.2 Å². The number of aromatic carboxylic acids is 1. The highest BCUT2D eigenvalue weighted by Crippen LogP contribution is 2.34. The van der Waals surface area contributed by atoms with Crippen molar-refractivity contribution in [2.75, 3.05) is 7.11 Å². The fraction of sp³-hybridized carbons (Fsp3) is 0.250. The number of hydrogen-bond donors (Lipinski definition) is 1. The molecule has 0 amide bonds. The van der Waals surface area contributed by atoms with E-state index in [9.17, 15) is 18.0 Å². The lowest BCUT2D eigenvalue weighted by atomic mass is 10.2. The van der Waals surface area contributed by atoms with E-state index in [1.165, 1.54) is 0 Å². The number of carboxylic acids is 1. The summed E-state index contributed by atoms with van der Waals surface area (Å²) in [6, 6.07) is 1.07. The number of hydrogen-bond acceptors (Lipinski definition) is 4. The van der Waals surface area contributed by atoms with Gasteiger partial charge in [-0.25, -0.2) is 9.78 Å². The van der Waals surface area contributed by atoms with Gasteiger partial charge >= 0.3 is 12.3 Å². The molecule has 1 aromatic heterocycles. The summed E-state index contributed by atoms with van der Waals surface area (Å²) in [4.78, 5) is 14.2. The minimum Gasteiger partial charge on any atom is -0.491 e. The Morgan fingerprint density at radius 2 is 2.12 bits per heavy atom. The predicted octanol–water partition coefficient (Wildman–Crippen LogP) is 2.29. The van der Waals surface area contributed by atoms with Gasteiger partial charge in [0, 0.05) is 0 Å². The first kappa shape index (κ1) is 13.8. The van der Waals surface area contributed by atoms with Crippen LogP contribution in [-0.2, 0) is 0 Å². The van der Waals surface area contributed by atoms with Crippen LogP contribution in [0.3, 0.4) is 0 Å². The van der Waals surface area contributed by atoms with Crippen LogP contribution in [0.25, 0.3) is 0 Å². The topological polar surface area (TPSA) is 68.7 Å². The number of pyridine rings is 1. The first-order valence-corrected chi connectivity index (χ1v) is 5.06. The molecule has 17 heavy (non-hydrogen) atoms. The van der Waals surface area contributed by atoms with Crippen LogP contribution in [-0.4, -0.2) is 29.5 Å². The Hall–Kier alpha value is -1.26. The maximum atomic E-state index is 12.1. The maximum Gasteiger partial charge on any atom is 0.574 e. The Bertz CT molecular complexity index is 449. The third-order valence-electron chi connectivity index (χ3n) is 1.56. The van der Waals surface area contributed by atoms with Crippen molar-refractivity contribution in [2.24, 2.45) is 0 Å². The second kappa shape index (κ2) is 4.94. The lowest BCUT2D eigenvalue weighted by molar-refractivity contribution is -0.276. The van der Waals surface area contributed by atoms with E-state index in [1.807, 2.05) is 0 Å². The van der Waals surface area contributed by atoms with Gasteiger partial charge in [-0.3, -0.25) is 0 Å². The van der Waals surface area contributed by atoms with Crippen molar-refractivity contribution < 1.29 is 32.5 Å².